The second kappa shape index (κ2) is 19.4. The molecule has 0 fully saturated rings. The molecule has 304 valence electrons. The number of hydrogen-bond acceptors (Lipinski definition) is 3. The molecule has 2 unspecified atom stereocenters. The molecule has 59 heavy (non-hydrogen) atoms. The molecule has 0 aliphatic rings. The van der Waals surface area contributed by atoms with Crippen molar-refractivity contribution in [2.45, 2.75) is 73.0 Å². The Morgan fingerprint density at radius 3 is 1.41 bits per heavy atom. The molecule has 0 saturated carbocycles. The van der Waals surface area contributed by atoms with Crippen LogP contribution in [0.1, 0.15) is 51.7 Å². The van der Waals surface area contributed by atoms with E-state index in [4.69, 9.17) is 0 Å². The number of fused-ring (bicyclic) bond motifs is 2. The van der Waals surface area contributed by atoms with Gasteiger partial charge in [-0.25, -0.2) is 0 Å². The molecule has 7 rings (SSSR count). The number of anilines is 6. The van der Waals surface area contributed by atoms with Crippen LogP contribution < -0.4 is 9.80 Å². The summed E-state index contributed by atoms with van der Waals surface area (Å²) in [6, 6.07) is 50.1. The predicted molar refractivity (Wildman–Crippen MR) is 277 cm³/mol. The van der Waals surface area contributed by atoms with Gasteiger partial charge in [-0.05, 0) is 161 Å². The third-order valence-corrected chi connectivity index (χ3v) is 15.8. The van der Waals surface area contributed by atoms with Gasteiger partial charge in [-0.2, -0.15) is 31.5 Å². The fourth-order valence-electron chi connectivity index (χ4n) is 7.99. The SMILES string of the molecule is C=S(C)c1cc(SCCCC)cc(N(c2ccccc2)c2ccc3c(CC)c4cc(N(c5ccccc5)c5cc(S(=C)CC)cc([S@@](=C)C)c5)ccc4c(CC)c3c2)c1. The number of aryl methyl sites for hydroxylation is 2. The van der Waals surface area contributed by atoms with Gasteiger partial charge in [0.25, 0.3) is 0 Å². The summed E-state index contributed by atoms with van der Waals surface area (Å²) in [6.07, 6.45) is 8.69. The van der Waals surface area contributed by atoms with Gasteiger partial charge in [-0.15, -0.1) is 11.8 Å². The lowest BCUT2D eigenvalue weighted by Crippen LogP contribution is -2.11. The van der Waals surface area contributed by atoms with Crippen LogP contribution in [0.2, 0.25) is 0 Å². The van der Waals surface area contributed by atoms with Crippen molar-refractivity contribution in [3.8, 4) is 0 Å². The second-order valence-corrected chi connectivity index (χ2v) is 21.7. The lowest BCUT2D eigenvalue weighted by Gasteiger charge is -2.29. The Balaban J connectivity index is 1.43. The summed E-state index contributed by atoms with van der Waals surface area (Å²) >= 11 is 1.96. The zero-order valence-electron chi connectivity index (χ0n) is 35.6. The monoisotopic (exact) mass is 850 g/mol. The van der Waals surface area contributed by atoms with Gasteiger partial charge < -0.3 is 9.80 Å². The minimum absolute atomic E-state index is 0.0983. The van der Waals surface area contributed by atoms with Crippen LogP contribution in [0.3, 0.4) is 0 Å². The summed E-state index contributed by atoms with van der Waals surface area (Å²) in [5.74, 6) is 15.6. The molecule has 7 aromatic carbocycles. The average Bonchev–Trinajstić information content (AvgIpc) is 3.26. The van der Waals surface area contributed by atoms with Crippen LogP contribution in [0.5, 0.6) is 0 Å². The molecular weight excluding hydrogens is 793 g/mol. The zero-order chi connectivity index (χ0) is 41.6. The Morgan fingerprint density at radius 2 is 0.949 bits per heavy atom. The lowest BCUT2D eigenvalue weighted by molar-refractivity contribution is 0.896. The summed E-state index contributed by atoms with van der Waals surface area (Å²) in [5.41, 5.74) is 9.73. The molecular formula is C53H58N2S4. The van der Waals surface area contributed by atoms with E-state index in [0.717, 1.165) is 47.1 Å². The van der Waals surface area contributed by atoms with Gasteiger partial charge in [0.15, 0.2) is 0 Å². The molecule has 0 saturated heterocycles. The first-order valence-electron chi connectivity index (χ1n) is 20.7. The number of unbranched alkanes of at least 4 members (excludes halogenated alkanes) is 1. The van der Waals surface area contributed by atoms with Crippen molar-refractivity contribution in [2.24, 2.45) is 0 Å². The van der Waals surface area contributed by atoms with Gasteiger partial charge in [0.1, 0.15) is 0 Å². The average molecular weight is 851 g/mol. The molecule has 3 atom stereocenters. The summed E-state index contributed by atoms with van der Waals surface area (Å²) in [4.78, 5) is 10.0. The van der Waals surface area contributed by atoms with E-state index in [-0.39, 0.29) is 31.5 Å². The van der Waals surface area contributed by atoms with Crippen LogP contribution in [0.25, 0.3) is 21.5 Å². The molecule has 0 amide bonds. The molecule has 6 heteroatoms. The van der Waals surface area contributed by atoms with Gasteiger partial charge in [-0.3, -0.25) is 0 Å². The highest BCUT2D eigenvalue weighted by Gasteiger charge is 2.21. The minimum atomic E-state index is -0.139. The first kappa shape index (κ1) is 42.8. The molecule has 0 heterocycles. The molecule has 0 N–H and O–H groups in total. The van der Waals surface area contributed by atoms with E-state index in [9.17, 15) is 0 Å². The van der Waals surface area contributed by atoms with Gasteiger partial charge in [0.05, 0.1) is 0 Å². The van der Waals surface area contributed by atoms with Crippen molar-refractivity contribution in [3.63, 3.8) is 0 Å². The topological polar surface area (TPSA) is 6.48 Å². The number of thioether (sulfide) groups is 1. The third kappa shape index (κ3) is 9.22. The summed E-state index contributed by atoms with van der Waals surface area (Å²) in [5, 5.41) is 5.31. The maximum atomic E-state index is 4.55. The highest BCUT2D eigenvalue weighted by Crippen LogP contribution is 2.45. The Kier molecular flexibility index (Phi) is 14.0. The van der Waals surface area contributed by atoms with Crippen molar-refractivity contribution in [1.82, 2.24) is 0 Å². The van der Waals surface area contributed by atoms with Gasteiger partial charge in [0.2, 0.25) is 0 Å². The van der Waals surface area contributed by atoms with Crippen LogP contribution >= 0.6 is 43.2 Å². The standard InChI is InChI=1S/C53H58N2S4/c1-10-14-29-56-44-30-42(31-45(36-44)57(5)6)54(38-21-17-15-18-22-38)40-25-27-50-49(12-3)53-35-41(26-28-51(53)48(11-2)52(50)34-40)55(39-23-19-16-20-24-39)43-32-46(58(7)8)37-47(33-43)59(9)13-4/h15-28,30-37H,5,7,9-14,29H2,1-4,6,8H3/t57?,58-,59?/m0/s1. The van der Waals surface area contributed by atoms with Crippen LogP contribution in [-0.4, -0.2) is 41.6 Å². The molecule has 0 aromatic heterocycles. The normalized spacial score (nSPS) is 13.1. The fourth-order valence-corrected chi connectivity index (χ4v) is 11.4. The maximum absolute atomic E-state index is 4.55. The Bertz CT molecular complexity index is 2670. The van der Waals surface area contributed by atoms with Crippen LogP contribution in [0.4, 0.5) is 34.1 Å². The van der Waals surface area contributed by atoms with Crippen LogP contribution in [0.15, 0.2) is 153 Å². The fraction of sp³-hybridized carbons (Fsp3) is 0.226. The first-order chi connectivity index (χ1) is 28.6. The second-order valence-electron chi connectivity index (χ2n) is 15.0. The zero-order valence-corrected chi connectivity index (χ0v) is 38.9. The van der Waals surface area contributed by atoms with Crippen molar-refractivity contribution < 1.29 is 0 Å². The van der Waals surface area contributed by atoms with Crippen molar-refractivity contribution in [1.29, 1.82) is 0 Å². The molecule has 0 aliphatic carbocycles. The maximum Gasteiger partial charge on any atom is 0.0483 e. The Hall–Kier alpha value is -4.33. The molecule has 0 bridgehead atoms. The third-order valence-electron chi connectivity index (χ3n) is 11.1. The highest BCUT2D eigenvalue weighted by molar-refractivity contribution is 8.14. The Labute approximate surface area is 365 Å². The first-order valence-corrected chi connectivity index (χ1v) is 26.9. The smallest absolute Gasteiger partial charge is 0.0483 e. The minimum Gasteiger partial charge on any atom is -0.310 e. The van der Waals surface area contributed by atoms with Crippen molar-refractivity contribution >= 4 is 116 Å². The van der Waals surface area contributed by atoms with Crippen LogP contribution in [-0.2, 0) is 12.8 Å². The van der Waals surface area contributed by atoms with E-state index in [1.54, 1.807) is 0 Å². The van der Waals surface area contributed by atoms with Gasteiger partial charge in [0, 0.05) is 53.7 Å². The predicted octanol–water partition coefficient (Wildman–Crippen LogP) is 16.4. The molecule has 0 radical (unpaired) electrons. The van der Waals surface area contributed by atoms with Gasteiger partial charge in [-0.1, -0.05) is 100 Å². The van der Waals surface area contributed by atoms with E-state index in [0.29, 0.717) is 0 Å². The molecule has 2 nitrogen and oxygen atoms in total. The van der Waals surface area contributed by atoms with E-state index in [1.807, 2.05) is 11.8 Å². The number of hydrogen-bond donors (Lipinski definition) is 0. The number of nitrogens with zero attached hydrogens (tertiary/aromatic N) is 2. The van der Waals surface area contributed by atoms with E-state index >= 15 is 0 Å². The summed E-state index contributed by atoms with van der Waals surface area (Å²) < 4.78 is 0. The van der Waals surface area contributed by atoms with Gasteiger partial charge >= 0.3 is 0 Å². The number of rotatable bonds is 16. The van der Waals surface area contributed by atoms with Crippen molar-refractivity contribution in [3.05, 3.63) is 145 Å². The van der Waals surface area contributed by atoms with Crippen LogP contribution in [0, 0.1) is 0 Å². The molecule has 0 spiro atoms. The summed E-state index contributed by atoms with van der Waals surface area (Å²) in [7, 11) is -0.357. The van der Waals surface area contributed by atoms with E-state index < -0.39 is 0 Å². The van der Waals surface area contributed by atoms with E-state index in [1.165, 1.54) is 76.5 Å². The van der Waals surface area contributed by atoms with Crippen molar-refractivity contribution in [2.75, 3.05) is 33.8 Å². The number of benzene rings is 7. The quantitative estimate of drug-likeness (QED) is 0.0414. The summed E-state index contributed by atoms with van der Waals surface area (Å²) in [6.45, 7) is 9.11. The molecule has 0 aliphatic heterocycles. The number of para-hydroxylation sites is 2. The van der Waals surface area contributed by atoms with E-state index in [2.05, 4.69) is 201 Å². The largest absolute Gasteiger partial charge is 0.310 e. The lowest BCUT2D eigenvalue weighted by atomic mass is 9.88. The highest BCUT2D eigenvalue weighted by atomic mass is 32.2. The Morgan fingerprint density at radius 1 is 0.475 bits per heavy atom. The molecule has 7 aromatic rings.